The molecular formula is C24H31N5O2S2. The molecule has 7 nitrogen and oxygen atoms in total. The van der Waals surface area contributed by atoms with E-state index in [0.717, 1.165) is 51.5 Å². The minimum absolute atomic E-state index is 0.0423. The quantitative estimate of drug-likeness (QED) is 0.360. The molecule has 1 aliphatic heterocycles. The number of likely N-dealkylation sites (tertiary alicyclic amines) is 1. The molecule has 1 atom stereocenters. The summed E-state index contributed by atoms with van der Waals surface area (Å²) in [4.78, 5) is 23.9. The number of anilines is 2. The number of oxazole rings is 1. The van der Waals surface area contributed by atoms with Gasteiger partial charge in [0, 0.05) is 35.8 Å². The minimum Gasteiger partial charge on any atom is -0.444 e. The summed E-state index contributed by atoms with van der Waals surface area (Å²) in [5, 5.41) is 4.40. The number of nitrogens with two attached hydrogens (primary N) is 1. The second kappa shape index (κ2) is 9.77. The van der Waals surface area contributed by atoms with E-state index in [1.807, 2.05) is 36.4 Å². The Morgan fingerprint density at radius 2 is 2.15 bits per heavy atom. The maximum atomic E-state index is 13.0. The SMILES string of the molecule is Cc1cc(N)ccc1C(=O)N1CCC[C@@H](Nc2ncc(SCc3ncc(C(C)(C)C)o3)s2)C1. The first-order chi connectivity index (χ1) is 15.7. The van der Waals surface area contributed by atoms with E-state index in [4.69, 9.17) is 10.2 Å². The third kappa shape index (κ3) is 5.89. The number of hydrogen-bond acceptors (Lipinski definition) is 8. The van der Waals surface area contributed by atoms with Crippen LogP contribution in [0.1, 0.15) is 61.2 Å². The lowest BCUT2D eigenvalue weighted by molar-refractivity contribution is 0.0714. The van der Waals surface area contributed by atoms with E-state index in [2.05, 4.69) is 36.1 Å². The van der Waals surface area contributed by atoms with E-state index in [0.29, 0.717) is 18.0 Å². The van der Waals surface area contributed by atoms with Crippen molar-refractivity contribution in [2.24, 2.45) is 0 Å². The number of nitrogens with one attached hydrogen (secondary N) is 1. The lowest BCUT2D eigenvalue weighted by Crippen LogP contribution is -2.45. The third-order valence-electron chi connectivity index (χ3n) is 5.63. The van der Waals surface area contributed by atoms with Crippen LogP contribution < -0.4 is 11.1 Å². The van der Waals surface area contributed by atoms with E-state index in [9.17, 15) is 4.79 Å². The summed E-state index contributed by atoms with van der Waals surface area (Å²) in [5.41, 5.74) is 8.11. The zero-order valence-corrected chi connectivity index (χ0v) is 21.2. The summed E-state index contributed by atoms with van der Waals surface area (Å²) in [7, 11) is 0. The number of carbonyl (C=O) groups is 1. The minimum atomic E-state index is -0.0423. The van der Waals surface area contributed by atoms with Crippen molar-refractivity contribution in [2.75, 3.05) is 24.1 Å². The Morgan fingerprint density at radius 1 is 1.33 bits per heavy atom. The number of rotatable bonds is 6. The topological polar surface area (TPSA) is 97.3 Å². The van der Waals surface area contributed by atoms with Gasteiger partial charge in [0.05, 0.1) is 22.4 Å². The fraction of sp³-hybridized carbons (Fsp3) is 0.458. The highest BCUT2D eigenvalue weighted by Crippen LogP contribution is 2.32. The van der Waals surface area contributed by atoms with Crippen molar-refractivity contribution in [3.8, 4) is 0 Å². The summed E-state index contributed by atoms with van der Waals surface area (Å²) in [6, 6.07) is 5.65. The van der Waals surface area contributed by atoms with Crippen molar-refractivity contribution >= 4 is 39.8 Å². The van der Waals surface area contributed by atoms with Crippen LogP contribution in [0.4, 0.5) is 10.8 Å². The molecule has 0 bridgehead atoms. The molecule has 1 aromatic carbocycles. The number of nitrogen functional groups attached to an aromatic ring is 1. The molecule has 2 aromatic heterocycles. The maximum Gasteiger partial charge on any atom is 0.254 e. The molecule has 9 heteroatoms. The number of thiazole rings is 1. The van der Waals surface area contributed by atoms with Crippen LogP contribution in [0.2, 0.25) is 0 Å². The molecule has 0 radical (unpaired) electrons. The highest BCUT2D eigenvalue weighted by molar-refractivity contribution is 8.00. The van der Waals surface area contributed by atoms with Gasteiger partial charge in [0.1, 0.15) is 5.76 Å². The summed E-state index contributed by atoms with van der Waals surface area (Å²) >= 11 is 3.29. The number of aryl methyl sites for hydroxylation is 1. The van der Waals surface area contributed by atoms with Crippen molar-refractivity contribution in [3.63, 3.8) is 0 Å². The molecule has 0 aliphatic carbocycles. The van der Waals surface area contributed by atoms with Gasteiger partial charge in [0.2, 0.25) is 5.89 Å². The highest BCUT2D eigenvalue weighted by atomic mass is 32.2. The first kappa shape index (κ1) is 23.6. The van der Waals surface area contributed by atoms with Gasteiger partial charge in [-0.3, -0.25) is 4.79 Å². The van der Waals surface area contributed by atoms with Crippen LogP contribution in [0.5, 0.6) is 0 Å². The molecule has 4 rings (SSSR count). The van der Waals surface area contributed by atoms with Crippen molar-refractivity contribution in [1.29, 1.82) is 0 Å². The van der Waals surface area contributed by atoms with Gasteiger partial charge in [-0.1, -0.05) is 32.1 Å². The van der Waals surface area contributed by atoms with E-state index in [1.54, 1.807) is 29.2 Å². The number of thioether (sulfide) groups is 1. The smallest absolute Gasteiger partial charge is 0.254 e. The second-order valence-electron chi connectivity index (χ2n) is 9.45. The van der Waals surface area contributed by atoms with Crippen molar-refractivity contribution in [1.82, 2.24) is 14.9 Å². The maximum absolute atomic E-state index is 13.0. The van der Waals surface area contributed by atoms with E-state index >= 15 is 0 Å². The Hall–Kier alpha value is -2.52. The van der Waals surface area contributed by atoms with Crippen LogP contribution >= 0.6 is 23.1 Å². The van der Waals surface area contributed by atoms with Gasteiger partial charge in [0.15, 0.2) is 5.13 Å². The van der Waals surface area contributed by atoms with Gasteiger partial charge in [0.25, 0.3) is 5.91 Å². The fourth-order valence-corrected chi connectivity index (χ4v) is 5.60. The van der Waals surface area contributed by atoms with Gasteiger partial charge < -0.3 is 20.4 Å². The summed E-state index contributed by atoms with van der Waals surface area (Å²) in [6.45, 7) is 9.70. The predicted octanol–water partition coefficient (Wildman–Crippen LogP) is 5.33. The highest BCUT2D eigenvalue weighted by Gasteiger charge is 2.26. The Bertz CT molecular complexity index is 1120. The average Bonchev–Trinajstić information content (AvgIpc) is 3.41. The van der Waals surface area contributed by atoms with Crippen LogP contribution in [-0.4, -0.2) is 39.9 Å². The molecule has 3 aromatic rings. The standard InChI is InChI=1S/C24H31N5O2S2/c1-15-10-16(25)7-8-18(15)22(30)29-9-5-6-17(13-29)28-23-27-12-21(33-23)32-14-20-26-11-19(31-20)24(2,3)4/h7-8,10-12,17H,5-6,9,13-14,25H2,1-4H3,(H,27,28)/t17-/m1/s1. The van der Waals surface area contributed by atoms with Crippen LogP contribution in [0.3, 0.4) is 0 Å². The molecular weight excluding hydrogens is 454 g/mol. The molecule has 1 aliphatic rings. The molecule has 1 fully saturated rings. The Morgan fingerprint density at radius 3 is 2.88 bits per heavy atom. The zero-order chi connectivity index (χ0) is 23.6. The Labute approximate surface area is 203 Å². The number of amides is 1. The van der Waals surface area contributed by atoms with E-state index in [1.165, 1.54) is 0 Å². The van der Waals surface area contributed by atoms with Crippen LogP contribution in [-0.2, 0) is 11.2 Å². The largest absolute Gasteiger partial charge is 0.444 e. The second-order valence-corrected chi connectivity index (χ2v) is 11.8. The fourth-order valence-electron chi connectivity index (χ4n) is 3.80. The molecule has 3 N–H and O–H groups in total. The molecule has 3 heterocycles. The van der Waals surface area contributed by atoms with Crippen molar-refractivity contribution < 1.29 is 9.21 Å². The van der Waals surface area contributed by atoms with Crippen LogP contribution in [0.15, 0.2) is 39.2 Å². The molecule has 1 saturated heterocycles. The number of nitrogens with zero attached hydrogens (tertiary/aromatic N) is 3. The van der Waals surface area contributed by atoms with Crippen molar-refractivity contribution in [2.45, 2.75) is 62.0 Å². The van der Waals surface area contributed by atoms with Gasteiger partial charge >= 0.3 is 0 Å². The van der Waals surface area contributed by atoms with E-state index < -0.39 is 0 Å². The Kier molecular flexibility index (Phi) is 6.99. The van der Waals surface area contributed by atoms with Gasteiger partial charge in [-0.15, -0.1) is 11.8 Å². The van der Waals surface area contributed by atoms with Gasteiger partial charge in [-0.25, -0.2) is 9.97 Å². The Balaban J connectivity index is 1.32. The monoisotopic (exact) mass is 485 g/mol. The molecule has 33 heavy (non-hydrogen) atoms. The first-order valence-corrected chi connectivity index (χ1v) is 12.9. The zero-order valence-electron chi connectivity index (χ0n) is 19.6. The number of benzene rings is 1. The first-order valence-electron chi connectivity index (χ1n) is 11.1. The normalized spacial score (nSPS) is 16.7. The van der Waals surface area contributed by atoms with Crippen LogP contribution in [0.25, 0.3) is 0 Å². The predicted molar refractivity (Wildman–Crippen MR) is 135 cm³/mol. The summed E-state index contributed by atoms with van der Waals surface area (Å²) in [6.07, 6.45) is 5.68. The molecule has 1 amide bonds. The lowest BCUT2D eigenvalue weighted by atomic mass is 9.94. The number of piperidine rings is 1. The van der Waals surface area contributed by atoms with Crippen molar-refractivity contribution in [3.05, 3.63) is 53.4 Å². The number of aromatic nitrogens is 2. The third-order valence-corrected chi connectivity index (χ3v) is 7.74. The summed E-state index contributed by atoms with van der Waals surface area (Å²) < 4.78 is 6.98. The number of hydrogen-bond donors (Lipinski definition) is 2. The molecule has 0 unspecified atom stereocenters. The average molecular weight is 486 g/mol. The summed E-state index contributed by atoms with van der Waals surface area (Å²) in [5.74, 6) is 2.36. The molecule has 0 spiro atoms. The number of carbonyl (C=O) groups excluding carboxylic acids is 1. The molecule has 0 saturated carbocycles. The van der Waals surface area contributed by atoms with Gasteiger partial charge in [-0.05, 0) is 43.5 Å². The molecule has 176 valence electrons. The van der Waals surface area contributed by atoms with E-state index in [-0.39, 0.29) is 17.4 Å². The van der Waals surface area contributed by atoms with Gasteiger partial charge in [-0.2, -0.15) is 0 Å². The van der Waals surface area contributed by atoms with Crippen LogP contribution in [0, 0.1) is 6.92 Å². The lowest BCUT2D eigenvalue weighted by Gasteiger charge is -2.33.